The Hall–Kier alpha value is -2.69. The molecule has 4 nitrogen and oxygen atoms in total. The van der Waals surface area contributed by atoms with Crippen molar-refractivity contribution in [3.63, 3.8) is 0 Å². The van der Waals surface area contributed by atoms with Gasteiger partial charge in [-0.05, 0) is 42.8 Å². The second-order valence-corrected chi connectivity index (χ2v) is 5.16. The third kappa shape index (κ3) is 2.98. The minimum atomic E-state index is -0.408. The Morgan fingerprint density at radius 3 is 2.68 bits per heavy atom. The van der Waals surface area contributed by atoms with Crippen LogP contribution in [0.25, 0.3) is 0 Å². The van der Waals surface area contributed by atoms with Crippen molar-refractivity contribution < 1.29 is 14.0 Å². The van der Waals surface area contributed by atoms with Crippen molar-refractivity contribution in [2.24, 2.45) is 0 Å². The van der Waals surface area contributed by atoms with Crippen LogP contribution < -0.4 is 10.2 Å². The number of amides is 2. The fraction of sp³-hybridized carbons (Fsp3) is 0.176. The molecule has 0 spiro atoms. The highest BCUT2D eigenvalue weighted by molar-refractivity contribution is 6.05. The quantitative estimate of drug-likeness (QED) is 0.946. The standard InChI is InChI=1S/C17H15FN2O2/c18-13-5-2-6-14(11-13)19-17(22)12-4-1-7-15(10-12)20-9-3-8-16(20)21/h1-2,4-7,10-11H,3,8-9H2,(H,19,22). The van der Waals surface area contributed by atoms with Crippen LogP contribution in [-0.4, -0.2) is 18.4 Å². The second kappa shape index (κ2) is 5.97. The van der Waals surface area contributed by atoms with Crippen LogP contribution in [0.4, 0.5) is 15.8 Å². The van der Waals surface area contributed by atoms with E-state index < -0.39 is 5.82 Å². The summed E-state index contributed by atoms with van der Waals surface area (Å²) in [5, 5.41) is 2.65. The van der Waals surface area contributed by atoms with Gasteiger partial charge in [0.05, 0.1) is 0 Å². The fourth-order valence-corrected chi connectivity index (χ4v) is 2.51. The van der Waals surface area contributed by atoms with E-state index in [9.17, 15) is 14.0 Å². The molecule has 2 amide bonds. The second-order valence-electron chi connectivity index (χ2n) is 5.16. The van der Waals surface area contributed by atoms with Crippen molar-refractivity contribution >= 4 is 23.2 Å². The molecule has 0 atom stereocenters. The van der Waals surface area contributed by atoms with Gasteiger partial charge in [-0.3, -0.25) is 9.59 Å². The first-order valence-electron chi connectivity index (χ1n) is 7.11. The van der Waals surface area contributed by atoms with Gasteiger partial charge in [0.2, 0.25) is 5.91 Å². The Morgan fingerprint density at radius 2 is 1.95 bits per heavy atom. The number of nitrogens with one attached hydrogen (secondary N) is 1. The molecule has 0 radical (unpaired) electrons. The molecule has 1 aliphatic rings. The molecule has 1 heterocycles. The van der Waals surface area contributed by atoms with Gasteiger partial charge in [0.25, 0.3) is 5.91 Å². The van der Waals surface area contributed by atoms with Crippen LogP contribution in [0, 0.1) is 5.82 Å². The number of halogens is 1. The highest BCUT2D eigenvalue weighted by Crippen LogP contribution is 2.22. The van der Waals surface area contributed by atoms with Crippen molar-refractivity contribution in [1.82, 2.24) is 0 Å². The summed E-state index contributed by atoms with van der Waals surface area (Å²) in [6, 6.07) is 12.6. The Labute approximate surface area is 127 Å². The number of nitrogens with zero attached hydrogens (tertiary/aromatic N) is 1. The summed E-state index contributed by atoms with van der Waals surface area (Å²) in [6.45, 7) is 0.674. The molecule has 22 heavy (non-hydrogen) atoms. The maximum absolute atomic E-state index is 13.1. The third-order valence-corrected chi connectivity index (χ3v) is 3.58. The van der Waals surface area contributed by atoms with Crippen molar-refractivity contribution in [2.45, 2.75) is 12.8 Å². The molecule has 1 aliphatic heterocycles. The van der Waals surface area contributed by atoms with E-state index in [1.54, 1.807) is 29.2 Å². The largest absolute Gasteiger partial charge is 0.322 e. The van der Waals surface area contributed by atoms with Crippen molar-refractivity contribution in [3.8, 4) is 0 Å². The summed E-state index contributed by atoms with van der Waals surface area (Å²) in [5.74, 6) is -0.670. The van der Waals surface area contributed by atoms with Crippen molar-refractivity contribution in [1.29, 1.82) is 0 Å². The topological polar surface area (TPSA) is 49.4 Å². The zero-order valence-corrected chi connectivity index (χ0v) is 11.9. The number of benzene rings is 2. The van der Waals surface area contributed by atoms with E-state index in [0.29, 0.717) is 24.2 Å². The fourth-order valence-electron chi connectivity index (χ4n) is 2.51. The minimum absolute atomic E-state index is 0.0719. The lowest BCUT2D eigenvalue weighted by atomic mass is 10.1. The number of hydrogen-bond donors (Lipinski definition) is 1. The van der Waals surface area contributed by atoms with Crippen LogP contribution in [0.2, 0.25) is 0 Å². The van der Waals surface area contributed by atoms with Crippen LogP contribution >= 0.6 is 0 Å². The van der Waals surface area contributed by atoms with E-state index in [1.165, 1.54) is 18.2 Å². The lowest BCUT2D eigenvalue weighted by molar-refractivity contribution is -0.117. The van der Waals surface area contributed by atoms with Gasteiger partial charge in [-0.1, -0.05) is 12.1 Å². The predicted octanol–water partition coefficient (Wildman–Crippen LogP) is 3.20. The average molecular weight is 298 g/mol. The molecule has 112 valence electrons. The van der Waals surface area contributed by atoms with Crippen LogP contribution in [0.5, 0.6) is 0 Å². The predicted molar refractivity (Wildman–Crippen MR) is 82.4 cm³/mol. The van der Waals surface area contributed by atoms with Crippen LogP contribution in [0.15, 0.2) is 48.5 Å². The summed E-state index contributed by atoms with van der Waals surface area (Å²) in [6.07, 6.45) is 1.37. The number of anilines is 2. The molecule has 0 bridgehead atoms. The first kappa shape index (κ1) is 14.3. The molecule has 1 fully saturated rings. The normalized spacial score (nSPS) is 14.2. The lowest BCUT2D eigenvalue weighted by Gasteiger charge is -2.16. The summed E-state index contributed by atoms with van der Waals surface area (Å²) in [7, 11) is 0. The Morgan fingerprint density at radius 1 is 1.14 bits per heavy atom. The van der Waals surface area contributed by atoms with Gasteiger partial charge in [-0.2, -0.15) is 0 Å². The van der Waals surface area contributed by atoms with Gasteiger partial charge in [0.1, 0.15) is 5.82 Å². The van der Waals surface area contributed by atoms with Crippen molar-refractivity contribution in [3.05, 3.63) is 59.9 Å². The first-order chi connectivity index (χ1) is 10.6. The minimum Gasteiger partial charge on any atom is -0.322 e. The molecule has 0 aromatic heterocycles. The molecule has 0 aliphatic carbocycles. The van der Waals surface area contributed by atoms with Gasteiger partial charge in [0.15, 0.2) is 0 Å². The zero-order chi connectivity index (χ0) is 15.5. The summed E-state index contributed by atoms with van der Waals surface area (Å²) in [5.41, 5.74) is 1.54. The van der Waals surface area contributed by atoms with E-state index in [0.717, 1.165) is 12.1 Å². The van der Waals surface area contributed by atoms with Gasteiger partial charge < -0.3 is 10.2 Å². The highest BCUT2D eigenvalue weighted by Gasteiger charge is 2.22. The van der Waals surface area contributed by atoms with E-state index in [1.807, 2.05) is 6.07 Å². The molecule has 3 rings (SSSR count). The van der Waals surface area contributed by atoms with Crippen LogP contribution in [-0.2, 0) is 4.79 Å². The SMILES string of the molecule is O=C(Nc1cccc(F)c1)c1cccc(N2CCCC2=O)c1. The van der Waals surface area contributed by atoms with E-state index in [-0.39, 0.29) is 11.8 Å². The summed E-state index contributed by atoms with van der Waals surface area (Å²) < 4.78 is 13.1. The Bertz CT molecular complexity index is 730. The molecular formula is C17H15FN2O2. The van der Waals surface area contributed by atoms with Gasteiger partial charge in [-0.15, -0.1) is 0 Å². The Balaban J connectivity index is 1.79. The molecule has 0 saturated carbocycles. The number of carbonyl (C=O) groups excluding carboxylic acids is 2. The van der Waals surface area contributed by atoms with Gasteiger partial charge >= 0.3 is 0 Å². The summed E-state index contributed by atoms with van der Waals surface area (Å²) in [4.78, 5) is 25.7. The molecule has 0 unspecified atom stereocenters. The third-order valence-electron chi connectivity index (χ3n) is 3.58. The van der Waals surface area contributed by atoms with E-state index in [4.69, 9.17) is 0 Å². The monoisotopic (exact) mass is 298 g/mol. The molecule has 2 aromatic rings. The maximum Gasteiger partial charge on any atom is 0.255 e. The molecular weight excluding hydrogens is 283 g/mol. The highest BCUT2D eigenvalue weighted by atomic mass is 19.1. The lowest BCUT2D eigenvalue weighted by Crippen LogP contribution is -2.24. The van der Waals surface area contributed by atoms with Gasteiger partial charge in [0, 0.05) is 29.9 Å². The first-order valence-corrected chi connectivity index (χ1v) is 7.11. The van der Waals surface area contributed by atoms with E-state index >= 15 is 0 Å². The van der Waals surface area contributed by atoms with Crippen LogP contribution in [0.1, 0.15) is 23.2 Å². The molecule has 2 aromatic carbocycles. The molecule has 5 heteroatoms. The number of hydrogen-bond acceptors (Lipinski definition) is 2. The smallest absolute Gasteiger partial charge is 0.255 e. The average Bonchev–Trinajstić information content (AvgIpc) is 2.93. The van der Waals surface area contributed by atoms with Crippen LogP contribution in [0.3, 0.4) is 0 Å². The number of carbonyl (C=O) groups is 2. The maximum atomic E-state index is 13.1. The molecule has 1 N–H and O–H groups in total. The summed E-state index contributed by atoms with van der Waals surface area (Å²) >= 11 is 0. The molecule has 1 saturated heterocycles. The van der Waals surface area contributed by atoms with E-state index in [2.05, 4.69) is 5.32 Å². The van der Waals surface area contributed by atoms with Crippen molar-refractivity contribution in [2.75, 3.05) is 16.8 Å². The zero-order valence-electron chi connectivity index (χ0n) is 11.9. The van der Waals surface area contributed by atoms with Gasteiger partial charge in [-0.25, -0.2) is 4.39 Å². The number of rotatable bonds is 3. The Kier molecular flexibility index (Phi) is 3.87.